The molecular formula is C21H25N5O5S. The Morgan fingerprint density at radius 3 is 2.69 bits per heavy atom. The summed E-state index contributed by atoms with van der Waals surface area (Å²) in [5.41, 5.74) is 2.53. The van der Waals surface area contributed by atoms with E-state index < -0.39 is 21.4 Å². The molecule has 11 heteroatoms. The van der Waals surface area contributed by atoms with Crippen LogP contribution in [0.3, 0.4) is 0 Å². The van der Waals surface area contributed by atoms with Crippen molar-refractivity contribution in [2.24, 2.45) is 0 Å². The molecule has 0 spiro atoms. The summed E-state index contributed by atoms with van der Waals surface area (Å²) in [7, 11) is -3.47. The molecule has 5 rings (SSSR count). The Balaban J connectivity index is 1.17. The predicted octanol–water partition coefficient (Wildman–Crippen LogP) is 2.56. The summed E-state index contributed by atoms with van der Waals surface area (Å²) >= 11 is 0. The van der Waals surface area contributed by atoms with Gasteiger partial charge >= 0.3 is 6.09 Å². The number of piperidine rings is 1. The molecule has 1 amide bonds. The van der Waals surface area contributed by atoms with E-state index in [1.54, 1.807) is 24.3 Å². The number of fused-ring (bicyclic) bond motifs is 1. The first-order chi connectivity index (χ1) is 15.3. The molecule has 3 aromatic heterocycles. The molecule has 170 valence electrons. The number of carbonyl (C=O) groups is 1. The first-order valence-electron chi connectivity index (χ1n) is 10.6. The molecular weight excluding hydrogens is 434 g/mol. The van der Waals surface area contributed by atoms with Crippen molar-refractivity contribution < 1.29 is 22.5 Å². The lowest BCUT2D eigenvalue weighted by Gasteiger charge is -2.41. The number of aryl methyl sites for hydroxylation is 2. The van der Waals surface area contributed by atoms with Crippen molar-refractivity contribution in [2.45, 2.75) is 37.9 Å². The fraction of sp³-hybridized carbons (Fsp3) is 0.476. The van der Waals surface area contributed by atoms with E-state index >= 15 is 0 Å². The molecule has 0 bridgehead atoms. The van der Waals surface area contributed by atoms with Gasteiger partial charge in [0, 0.05) is 50.9 Å². The Labute approximate surface area is 185 Å². The number of pyridine rings is 1. The van der Waals surface area contributed by atoms with Gasteiger partial charge in [0.1, 0.15) is 16.6 Å². The molecule has 2 aliphatic heterocycles. The number of amides is 1. The van der Waals surface area contributed by atoms with E-state index in [9.17, 15) is 13.2 Å². The first kappa shape index (κ1) is 21.0. The number of carbonyl (C=O) groups excluding carboxylic acids is 1. The lowest BCUT2D eigenvalue weighted by atomic mass is 9.90. The molecule has 1 N–H and O–H groups in total. The second-order valence-electron chi connectivity index (χ2n) is 8.41. The minimum absolute atomic E-state index is 0.124. The molecule has 0 saturated carbocycles. The highest BCUT2D eigenvalue weighted by molar-refractivity contribution is 7.89. The summed E-state index contributed by atoms with van der Waals surface area (Å²) in [6.45, 7) is 4.53. The van der Waals surface area contributed by atoms with Crippen molar-refractivity contribution in [1.82, 2.24) is 24.3 Å². The Morgan fingerprint density at radius 2 is 2.00 bits per heavy atom. The van der Waals surface area contributed by atoms with Gasteiger partial charge in [0.15, 0.2) is 11.5 Å². The number of rotatable bonds is 4. The van der Waals surface area contributed by atoms with Crippen LogP contribution in [-0.4, -0.2) is 70.3 Å². The van der Waals surface area contributed by atoms with Gasteiger partial charge in [-0.3, -0.25) is 0 Å². The number of likely N-dealkylation sites (tertiary alicyclic amines) is 1. The second-order valence-corrected chi connectivity index (χ2v) is 10.6. The molecule has 0 aromatic carbocycles. The zero-order chi connectivity index (χ0) is 22.5. The maximum atomic E-state index is 13.1. The summed E-state index contributed by atoms with van der Waals surface area (Å²) in [6.07, 6.45) is 4.67. The van der Waals surface area contributed by atoms with Crippen LogP contribution in [0.25, 0.3) is 11.0 Å². The number of hydrogen-bond donors (Lipinski definition) is 1. The number of sulfonamides is 1. The zero-order valence-electron chi connectivity index (χ0n) is 17.9. The van der Waals surface area contributed by atoms with E-state index in [4.69, 9.17) is 9.26 Å². The topological polar surface area (TPSA) is 122 Å². The molecule has 2 saturated heterocycles. The van der Waals surface area contributed by atoms with Crippen LogP contribution in [0.2, 0.25) is 0 Å². The molecule has 0 aliphatic carbocycles. The Kier molecular flexibility index (Phi) is 5.17. The average Bonchev–Trinajstić information content (AvgIpc) is 3.31. The van der Waals surface area contributed by atoms with Crippen LogP contribution < -0.4 is 4.74 Å². The quantitative estimate of drug-likeness (QED) is 0.636. The van der Waals surface area contributed by atoms with Crippen molar-refractivity contribution in [3.8, 4) is 5.75 Å². The van der Waals surface area contributed by atoms with E-state index in [0.717, 1.165) is 23.9 Å². The summed E-state index contributed by atoms with van der Waals surface area (Å²) in [5.74, 6) is 0.993. The standard InChI is InChI=1S/C21H25N5O5S/c1-13-19(14(2)31-24-13)30-21(27)25-11-16(12-25)32(28,29)26-8-5-15(6-9-26)18-10-23-20-17(18)4-3-7-22-20/h3-4,7,10,15-16H,5-6,8-9,11-12H2,1-2H3,(H,22,23). The number of H-pyrrole nitrogens is 1. The normalized spacial score (nSPS) is 18.8. The fourth-order valence-electron chi connectivity index (χ4n) is 4.49. The van der Waals surface area contributed by atoms with E-state index in [1.165, 1.54) is 10.5 Å². The molecule has 3 aromatic rings. The smallest absolute Gasteiger partial charge is 0.404 e. The lowest BCUT2D eigenvalue weighted by Crippen LogP contribution is -2.61. The van der Waals surface area contributed by atoms with Crippen LogP contribution in [0.1, 0.15) is 35.8 Å². The van der Waals surface area contributed by atoms with Crippen LogP contribution in [0.4, 0.5) is 4.79 Å². The maximum absolute atomic E-state index is 13.1. The van der Waals surface area contributed by atoms with Gasteiger partial charge in [0.2, 0.25) is 10.0 Å². The highest BCUT2D eigenvalue weighted by Gasteiger charge is 2.44. The van der Waals surface area contributed by atoms with Gasteiger partial charge < -0.3 is 19.1 Å². The molecule has 0 atom stereocenters. The number of nitrogens with one attached hydrogen (secondary N) is 1. The number of aromatic nitrogens is 3. The lowest BCUT2D eigenvalue weighted by molar-refractivity contribution is 0.124. The molecule has 5 heterocycles. The van der Waals surface area contributed by atoms with Crippen LogP contribution in [0.5, 0.6) is 5.75 Å². The highest BCUT2D eigenvalue weighted by Crippen LogP contribution is 2.34. The zero-order valence-corrected chi connectivity index (χ0v) is 18.8. The van der Waals surface area contributed by atoms with E-state index in [-0.39, 0.29) is 18.8 Å². The predicted molar refractivity (Wildman–Crippen MR) is 116 cm³/mol. The van der Waals surface area contributed by atoms with Crippen molar-refractivity contribution in [1.29, 1.82) is 0 Å². The maximum Gasteiger partial charge on any atom is 0.415 e. The van der Waals surface area contributed by atoms with Crippen LogP contribution in [0.15, 0.2) is 29.0 Å². The summed E-state index contributed by atoms with van der Waals surface area (Å²) in [6, 6.07) is 3.96. The van der Waals surface area contributed by atoms with Crippen molar-refractivity contribution in [3.63, 3.8) is 0 Å². The minimum Gasteiger partial charge on any atom is -0.404 e. The number of aromatic amines is 1. The highest BCUT2D eigenvalue weighted by atomic mass is 32.2. The van der Waals surface area contributed by atoms with Gasteiger partial charge in [-0.15, -0.1) is 0 Å². The molecule has 32 heavy (non-hydrogen) atoms. The Bertz CT molecular complexity index is 1230. The van der Waals surface area contributed by atoms with Crippen LogP contribution >= 0.6 is 0 Å². The molecule has 0 unspecified atom stereocenters. The summed E-state index contributed by atoms with van der Waals surface area (Å²) < 4.78 is 38.0. The number of ether oxygens (including phenoxy) is 1. The first-order valence-corrected chi connectivity index (χ1v) is 12.2. The van der Waals surface area contributed by atoms with E-state index in [0.29, 0.717) is 30.5 Å². The van der Waals surface area contributed by atoms with Gasteiger partial charge in [-0.2, -0.15) is 0 Å². The van der Waals surface area contributed by atoms with E-state index in [1.807, 2.05) is 18.3 Å². The van der Waals surface area contributed by atoms with Crippen molar-refractivity contribution in [2.75, 3.05) is 26.2 Å². The van der Waals surface area contributed by atoms with Gasteiger partial charge in [-0.05, 0) is 43.4 Å². The van der Waals surface area contributed by atoms with Crippen LogP contribution in [-0.2, 0) is 10.0 Å². The Hall–Kier alpha value is -2.92. The monoisotopic (exact) mass is 459 g/mol. The Morgan fingerprint density at radius 1 is 1.25 bits per heavy atom. The second kappa shape index (κ2) is 7.89. The number of hydrogen-bond acceptors (Lipinski definition) is 7. The van der Waals surface area contributed by atoms with Gasteiger partial charge in [0.25, 0.3) is 0 Å². The van der Waals surface area contributed by atoms with Gasteiger partial charge in [-0.1, -0.05) is 5.16 Å². The summed E-state index contributed by atoms with van der Waals surface area (Å²) in [5, 5.41) is 4.24. The van der Waals surface area contributed by atoms with Crippen molar-refractivity contribution in [3.05, 3.63) is 41.5 Å². The van der Waals surface area contributed by atoms with E-state index in [2.05, 4.69) is 15.1 Å². The van der Waals surface area contributed by atoms with Crippen molar-refractivity contribution >= 4 is 27.1 Å². The largest absolute Gasteiger partial charge is 0.415 e. The third-order valence-corrected chi connectivity index (χ3v) is 8.65. The molecule has 0 radical (unpaired) electrons. The van der Waals surface area contributed by atoms with Gasteiger partial charge in [-0.25, -0.2) is 22.5 Å². The minimum atomic E-state index is -3.47. The number of nitrogens with zero attached hydrogens (tertiary/aromatic N) is 4. The SMILES string of the molecule is Cc1noc(C)c1OC(=O)N1CC(S(=O)(=O)N2CCC(c3c[nH]c4ncccc34)CC2)C1. The van der Waals surface area contributed by atoms with Crippen LogP contribution in [0, 0.1) is 13.8 Å². The molecule has 2 aliphatic rings. The molecule has 10 nitrogen and oxygen atoms in total. The average molecular weight is 460 g/mol. The van der Waals surface area contributed by atoms with Gasteiger partial charge in [0.05, 0.1) is 0 Å². The fourth-order valence-corrected chi connectivity index (χ4v) is 6.37. The summed E-state index contributed by atoms with van der Waals surface area (Å²) in [4.78, 5) is 21.3. The third-order valence-electron chi connectivity index (χ3n) is 6.42. The molecule has 2 fully saturated rings. The third kappa shape index (κ3) is 3.55.